The van der Waals surface area contributed by atoms with Crippen LogP contribution in [0.2, 0.25) is 0 Å². The summed E-state index contributed by atoms with van der Waals surface area (Å²) in [6.07, 6.45) is 0. The molecule has 0 bridgehead atoms. The van der Waals surface area contributed by atoms with E-state index in [2.05, 4.69) is 28.8 Å². The van der Waals surface area contributed by atoms with Crippen LogP contribution in [0.1, 0.15) is 19.4 Å². The highest BCUT2D eigenvalue weighted by Gasteiger charge is 2.44. The first-order valence-electron chi connectivity index (χ1n) is 8.76. The van der Waals surface area contributed by atoms with Crippen LogP contribution in [-0.4, -0.2) is 29.9 Å². The van der Waals surface area contributed by atoms with Gasteiger partial charge in [-0.25, -0.2) is 0 Å². The number of allylic oxidation sites excluding steroid dienone is 1. The van der Waals surface area contributed by atoms with Crippen LogP contribution < -0.4 is 10.6 Å². The van der Waals surface area contributed by atoms with Gasteiger partial charge in [0.2, 0.25) is 11.8 Å². The van der Waals surface area contributed by atoms with E-state index in [0.29, 0.717) is 17.1 Å². The third-order valence-electron chi connectivity index (χ3n) is 4.36. The molecule has 146 valence electrons. The predicted octanol–water partition coefficient (Wildman–Crippen LogP) is 2.80. The largest absolute Gasteiger partial charge is 0.355 e. The first-order chi connectivity index (χ1) is 13.4. The Balaban J connectivity index is 1.80. The van der Waals surface area contributed by atoms with Crippen molar-refractivity contribution in [1.29, 1.82) is 10.5 Å². The maximum atomic E-state index is 12.1. The van der Waals surface area contributed by atoms with Crippen LogP contribution in [0, 0.1) is 34.0 Å². The van der Waals surface area contributed by atoms with Crippen molar-refractivity contribution in [3.8, 4) is 12.1 Å². The zero-order valence-corrected chi connectivity index (χ0v) is 17.5. The standard InChI is InChI=1S/C20H22N4O2S2/c1-20(2)15(10-21)18(26)24-19(16(20)11-22)28-13-17(25)23-8-9-27-12-14-6-4-3-5-7-14/h3-7,15H,8-9,12-13H2,1-2H3,(H,23,25)(H,24,26)/t15-/m0/s1. The zero-order chi connectivity index (χ0) is 20.6. The molecule has 1 aromatic rings. The Bertz CT molecular complexity index is 838. The topological polar surface area (TPSA) is 106 Å². The molecule has 0 radical (unpaired) electrons. The van der Waals surface area contributed by atoms with Gasteiger partial charge in [-0.15, -0.1) is 0 Å². The second-order valence-corrected chi connectivity index (χ2v) is 8.86. The molecule has 2 N–H and O–H groups in total. The molecule has 6 nitrogen and oxygen atoms in total. The summed E-state index contributed by atoms with van der Waals surface area (Å²) >= 11 is 2.85. The summed E-state index contributed by atoms with van der Waals surface area (Å²) in [4.78, 5) is 24.2. The normalized spacial score (nSPS) is 18.0. The number of carbonyl (C=O) groups is 2. The number of nitrogens with one attached hydrogen (secondary N) is 2. The lowest BCUT2D eigenvalue weighted by atomic mass is 9.72. The molecule has 0 spiro atoms. The van der Waals surface area contributed by atoms with E-state index in [4.69, 9.17) is 0 Å². The highest BCUT2D eigenvalue weighted by atomic mass is 32.2. The molecule has 0 saturated carbocycles. The smallest absolute Gasteiger partial charge is 0.243 e. The van der Waals surface area contributed by atoms with Crippen LogP contribution in [-0.2, 0) is 15.3 Å². The van der Waals surface area contributed by atoms with Gasteiger partial charge in [0, 0.05) is 23.5 Å². The molecule has 0 fully saturated rings. The molecule has 0 unspecified atom stereocenters. The average Bonchev–Trinajstić information content (AvgIpc) is 2.66. The van der Waals surface area contributed by atoms with Gasteiger partial charge in [0.15, 0.2) is 0 Å². The molecule has 8 heteroatoms. The number of hydrogen-bond acceptors (Lipinski definition) is 6. The van der Waals surface area contributed by atoms with E-state index in [-0.39, 0.29) is 11.7 Å². The minimum atomic E-state index is -0.929. The van der Waals surface area contributed by atoms with Gasteiger partial charge >= 0.3 is 0 Å². The summed E-state index contributed by atoms with van der Waals surface area (Å²) in [5.41, 5.74) is 0.685. The first kappa shape index (κ1) is 21.9. The van der Waals surface area contributed by atoms with Crippen molar-refractivity contribution in [1.82, 2.24) is 10.6 Å². The summed E-state index contributed by atoms with van der Waals surface area (Å²) in [7, 11) is 0. The van der Waals surface area contributed by atoms with Crippen molar-refractivity contribution >= 4 is 35.3 Å². The fourth-order valence-electron chi connectivity index (χ4n) is 2.75. The van der Waals surface area contributed by atoms with E-state index < -0.39 is 17.2 Å². The third-order valence-corrected chi connectivity index (χ3v) is 6.39. The van der Waals surface area contributed by atoms with Gasteiger partial charge in [-0.3, -0.25) is 9.59 Å². The summed E-state index contributed by atoms with van der Waals surface area (Å²) in [5.74, 6) is 0.256. The van der Waals surface area contributed by atoms with E-state index in [1.807, 2.05) is 24.3 Å². The van der Waals surface area contributed by atoms with E-state index in [1.54, 1.807) is 25.6 Å². The number of benzene rings is 1. The molecule has 2 rings (SSSR count). The lowest BCUT2D eigenvalue weighted by Gasteiger charge is -2.34. The molecule has 1 atom stereocenters. The third kappa shape index (κ3) is 5.54. The van der Waals surface area contributed by atoms with Gasteiger partial charge in [0.05, 0.1) is 28.5 Å². The molecule has 1 aliphatic rings. The van der Waals surface area contributed by atoms with E-state index in [9.17, 15) is 20.1 Å². The van der Waals surface area contributed by atoms with Gasteiger partial charge in [-0.1, -0.05) is 55.9 Å². The molecule has 28 heavy (non-hydrogen) atoms. The lowest BCUT2D eigenvalue weighted by molar-refractivity contribution is -0.125. The first-order valence-corrected chi connectivity index (χ1v) is 10.9. The Hall–Kier alpha value is -2.42. The van der Waals surface area contributed by atoms with Crippen LogP contribution >= 0.6 is 23.5 Å². The van der Waals surface area contributed by atoms with Crippen LogP contribution in [0.3, 0.4) is 0 Å². The zero-order valence-electron chi connectivity index (χ0n) is 15.8. The van der Waals surface area contributed by atoms with Crippen LogP contribution in [0.5, 0.6) is 0 Å². The summed E-state index contributed by atoms with van der Waals surface area (Å²) in [6, 6.07) is 14.2. The molecule has 2 amide bonds. The summed E-state index contributed by atoms with van der Waals surface area (Å²) < 4.78 is 0. The highest BCUT2D eigenvalue weighted by Crippen LogP contribution is 2.41. The van der Waals surface area contributed by atoms with Gasteiger partial charge < -0.3 is 10.6 Å². The quantitative estimate of drug-likeness (QED) is 0.634. The maximum absolute atomic E-state index is 12.1. The van der Waals surface area contributed by atoms with Crippen molar-refractivity contribution in [2.75, 3.05) is 18.1 Å². The number of nitrogens with zero attached hydrogens (tertiary/aromatic N) is 2. The molecular formula is C20H22N4O2S2. The number of amides is 2. The van der Waals surface area contributed by atoms with Crippen molar-refractivity contribution in [3.05, 3.63) is 46.5 Å². The Morgan fingerprint density at radius 2 is 2.00 bits per heavy atom. The van der Waals surface area contributed by atoms with Gasteiger partial charge in [0.25, 0.3) is 0 Å². The molecule has 1 aromatic carbocycles. The number of hydrogen-bond donors (Lipinski definition) is 2. The number of nitriles is 2. The minimum Gasteiger partial charge on any atom is -0.355 e. The Labute approximate surface area is 173 Å². The van der Waals surface area contributed by atoms with Gasteiger partial charge in [-0.05, 0) is 5.56 Å². The number of carbonyl (C=O) groups excluding carboxylic acids is 2. The molecule has 0 aromatic heterocycles. The number of thioether (sulfide) groups is 2. The van der Waals surface area contributed by atoms with Crippen LogP contribution in [0.15, 0.2) is 40.9 Å². The molecule has 1 heterocycles. The highest BCUT2D eigenvalue weighted by molar-refractivity contribution is 8.03. The summed E-state index contributed by atoms with van der Waals surface area (Å²) in [5, 5.41) is 24.5. The average molecular weight is 415 g/mol. The predicted molar refractivity (Wildman–Crippen MR) is 112 cm³/mol. The second-order valence-electron chi connectivity index (χ2n) is 6.77. The fourth-order valence-corrected chi connectivity index (χ4v) is 4.57. The van der Waals surface area contributed by atoms with Crippen molar-refractivity contribution in [3.63, 3.8) is 0 Å². The molecule has 0 saturated heterocycles. The van der Waals surface area contributed by atoms with Crippen molar-refractivity contribution in [2.45, 2.75) is 19.6 Å². The van der Waals surface area contributed by atoms with Crippen molar-refractivity contribution < 1.29 is 9.59 Å². The monoisotopic (exact) mass is 414 g/mol. The Morgan fingerprint density at radius 1 is 1.29 bits per heavy atom. The van der Waals surface area contributed by atoms with E-state index in [0.717, 1.165) is 23.3 Å². The molecular weight excluding hydrogens is 392 g/mol. The van der Waals surface area contributed by atoms with E-state index >= 15 is 0 Å². The molecule has 0 aliphatic carbocycles. The Kier molecular flexibility index (Phi) is 7.98. The Morgan fingerprint density at radius 3 is 2.64 bits per heavy atom. The van der Waals surface area contributed by atoms with Gasteiger partial charge in [-0.2, -0.15) is 22.3 Å². The fraction of sp³-hybridized carbons (Fsp3) is 0.400. The minimum absolute atomic E-state index is 0.0947. The molecule has 1 aliphatic heterocycles. The lowest BCUT2D eigenvalue weighted by Crippen LogP contribution is -2.44. The van der Waals surface area contributed by atoms with E-state index in [1.165, 1.54) is 5.56 Å². The van der Waals surface area contributed by atoms with Crippen molar-refractivity contribution in [2.24, 2.45) is 11.3 Å². The SMILES string of the molecule is CC1(C)C(C#N)=C(SCC(=O)NCCSCc2ccccc2)NC(=O)[C@@H]1C#N. The maximum Gasteiger partial charge on any atom is 0.243 e. The second kappa shape index (κ2) is 10.2. The van der Waals surface area contributed by atoms with Gasteiger partial charge in [0.1, 0.15) is 5.92 Å². The van der Waals surface area contributed by atoms with Crippen LogP contribution in [0.25, 0.3) is 0 Å². The number of rotatable bonds is 8. The van der Waals surface area contributed by atoms with Crippen LogP contribution in [0.4, 0.5) is 0 Å². The summed E-state index contributed by atoms with van der Waals surface area (Å²) in [6.45, 7) is 3.95.